The smallest absolute Gasteiger partial charge is 0.333 e. The molecule has 21 heavy (non-hydrogen) atoms. The van der Waals surface area contributed by atoms with Crippen LogP contribution in [0.2, 0.25) is 0 Å². The van der Waals surface area contributed by atoms with Crippen LogP contribution in [-0.2, 0) is 20.9 Å². The van der Waals surface area contributed by atoms with E-state index >= 15 is 0 Å². The third-order valence-electron chi connectivity index (χ3n) is 2.94. The summed E-state index contributed by atoms with van der Waals surface area (Å²) in [5.74, 6) is -0.0179. The number of carbonyl (C=O) groups excluding carboxylic acids is 2. The van der Waals surface area contributed by atoms with E-state index in [9.17, 15) is 9.59 Å². The Morgan fingerprint density at radius 3 is 2.76 bits per heavy atom. The van der Waals surface area contributed by atoms with E-state index in [-0.39, 0.29) is 5.91 Å². The van der Waals surface area contributed by atoms with Crippen molar-refractivity contribution in [2.75, 3.05) is 18.6 Å². The summed E-state index contributed by atoms with van der Waals surface area (Å²) in [5.41, 5.74) is 1.04. The highest BCUT2D eigenvalue weighted by Gasteiger charge is 2.27. The van der Waals surface area contributed by atoms with Crippen LogP contribution in [0.25, 0.3) is 0 Å². The topological polar surface area (TPSA) is 46.6 Å². The van der Waals surface area contributed by atoms with E-state index in [2.05, 4.69) is 0 Å². The highest BCUT2D eigenvalue weighted by atomic mass is 32.2. The summed E-state index contributed by atoms with van der Waals surface area (Å²) < 4.78 is 4.90. The minimum Gasteiger partial charge on any atom is -0.463 e. The normalized spacial score (nSPS) is 16.6. The predicted molar refractivity (Wildman–Crippen MR) is 85.9 cm³/mol. The molecule has 0 saturated carbocycles. The standard InChI is InChI=1S/C15H17NO3S2/c1-3-19-15(18)8-14-16(13(17)10-21-14)9-11-4-6-12(20-2)7-5-11/h4-8H,3,9-10H2,1-2H3/b14-8-. The van der Waals surface area contributed by atoms with Gasteiger partial charge in [0.05, 0.1) is 30.0 Å². The third kappa shape index (κ3) is 4.28. The fraction of sp³-hybridized carbons (Fsp3) is 0.333. The first-order valence-electron chi connectivity index (χ1n) is 6.58. The van der Waals surface area contributed by atoms with Crippen LogP contribution in [-0.4, -0.2) is 35.4 Å². The van der Waals surface area contributed by atoms with Crippen LogP contribution in [0.5, 0.6) is 0 Å². The Morgan fingerprint density at radius 1 is 1.43 bits per heavy atom. The molecule has 2 rings (SSSR count). The molecule has 0 spiro atoms. The Kier molecular flexibility index (Phi) is 5.76. The predicted octanol–water partition coefficient (Wildman–Crippen LogP) is 2.89. The quantitative estimate of drug-likeness (QED) is 0.474. The fourth-order valence-corrected chi connectivity index (χ4v) is 3.24. The van der Waals surface area contributed by atoms with Crippen molar-refractivity contribution >= 4 is 35.4 Å². The molecule has 0 aromatic heterocycles. The summed E-state index contributed by atoms with van der Waals surface area (Å²) in [6, 6.07) is 8.07. The number of hydrogen-bond donors (Lipinski definition) is 0. The molecule has 1 fully saturated rings. The van der Waals surface area contributed by atoms with Gasteiger partial charge in [0.25, 0.3) is 0 Å². The van der Waals surface area contributed by atoms with E-state index in [0.29, 0.717) is 23.9 Å². The zero-order chi connectivity index (χ0) is 15.2. The Balaban J connectivity index is 2.11. The molecule has 1 heterocycles. The lowest BCUT2D eigenvalue weighted by molar-refractivity contribution is -0.137. The molecular weight excluding hydrogens is 306 g/mol. The summed E-state index contributed by atoms with van der Waals surface area (Å²) in [6.07, 6.45) is 3.42. The van der Waals surface area contributed by atoms with Crippen LogP contribution in [0, 0.1) is 0 Å². The molecule has 0 atom stereocenters. The molecule has 1 aliphatic heterocycles. The summed E-state index contributed by atoms with van der Waals surface area (Å²) in [7, 11) is 0. The van der Waals surface area contributed by atoms with Crippen molar-refractivity contribution in [3.05, 3.63) is 40.9 Å². The van der Waals surface area contributed by atoms with E-state index in [1.54, 1.807) is 23.6 Å². The van der Waals surface area contributed by atoms with Gasteiger partial charge in [-0.05, 0) is 30.9 Å². The molecule has 112 valence electrons. The molecule has 1 aromatic rings. The summed E-state index contributed by atoms with van der Waals surface area (Å²) in [5, 5.41) is 0.660. The summed E-state index contributed by atoms with van der Waals surface area (Å²) >= 11 is 3.05. The van der Waals surface area contributed by atoms with Crippen molar-refractivity contribution < 1.29 is 14.3 Å². The highest BCUT2D eigenvalue weighted by molar-refractivity contribution is 8.04. The van der Waals surface area contributed by atoms with Gasteiger partial charge in [-0.15, -0.1) is 11.8 Å². The number of carbonyl (C=O) groups is 2. The molecule has 1 saturated heterocycles. The van der Waals surface area contributed by atoms with Gasteiger partial charge in [-0.2, -0.15) is 0 Å². The minimum absolute atomic E-state index is 0.0180. The summed E-state index contributed by atoms with van der Waals surface area (Å²) in [6.45, 7) is 2.57. The van der Waals surface area contributed by atoms with Crippen LogP contribution in [0.3, 0.4) is 0 Å². The number of esters is 1. The zero-order valence-corrected chi connectivity index (χ0v) is 13.6. The molecule has 0 radical (unpaired) electrons. The lowest BCUT2D eigenvalue weighted by Gasteiger charge is -2.17. The van der Waals surface area contributed by atoms with Crippen LogP contribution in [0.1, 0.15) is 12.5 Å². The summed E-state index contributed by atoms with van der Waals surface area (Å²) in [4.78, 5) is 26.3. The first-order chi connectivity index (χ1) is 10.1. The van der Waals surface area contributed by atoms with Crippen molar-refractivity contribution in [3.63, 3.8) is 0 Å². The van der Waals surface area contributed by atoms with Gasteiger partial charge in [-0.1, -0.05) is 23.9 Å². The zero-order valence-electron chi connectivity index (χ0n) is 12.0. The molecule has 1 aliphatic rings. The van der Waals surface area contributed by atoms with Crippen molar-refractivity contribution in [1.29, 1.82) is 0 Å². The first kappa shape index (κ1) is 16.0. The molecule has 4 nitrogen and oxygen atoms in total. The fourth-order valence-electron chi connectivity index (χ4n) is 1.90. The van der Waals surface area contributed by atoms with E-state index in [1.165, 1.54) is 22.7 Å². The van der Waals surface area contributed by atoms with Crippen molar-refractivity contribution in [2.45, 2.75) is 18.4 Å². The second kappa shape index (κ2) is 7.56. The van der Waals surface area contributed by atoms with Gasteiger partial charge in [-0.25, -0.2) is 4.79 Å². The molecule has 6 heteroatoms. The first-order valence-corrected chi connectivity index (χ1v) is 8.79. The number of rotatable bonds is 5. The van der Waals surface area contributed by atoms with Gasteiger partial charge < -0.3 is 9.64 Å². The van der Waals surface area contributed by atoms with E-state index in [1.807, 2.05) is 30.5 Å². The monoisotopic (exact) mass is 323 g/mol. The van der Waals surface area contributed by atoms with Crippen molar-refractivity contribution in [1.82, 2.24) is 4.90 Å². The average molecular weight is 323 g/mol. The molecule has 0 unspecified atom stereocenters. The second-order valence-electron chi connectivity index (χ2n) is 4.35. The Labute approximate surface area is 132 Å². The van der Waals surface area contributed by atoms with Gasteiger partial charge in [-0.3, -0.25) is 4.79 Å². The van der Waals surface area contributed by atoms with Crippen LogP contribution in [0.15, 0.2) is 40.3 Å². The number of benzene rings is 1. The molecule has 0 bridgehead atoms. The number of nitrogens with zero attached hydrogens (tertiary/aromatic N) is 1. The largest absolute Gasteiger partial charge is 0.463 e. The van der Waals surface area contributed by atoms with Gasteiger partial charge in [0.15, 0.2) is 0 Å². The van der Waals surface area contributed by atoms with Crippen molar-refractivity contribution in [3.8, 4) is 0 Å². The number of thioether (sulfide) groups is 2. The Hall–Kier alpha value is -1.40. The number of amides is 1. The lowest BCUT2D eigenvalue weighted by atomic mass is 10.2. The van der Waals surface area contributed by atoms with E-state index < -0.39 is 5.97 Å². The number of ether oxygens (including phenoxy) is 1. The van der Waals surface area contributed by atoms with Gasteiger partial charge in [0.1, 0.15) is 0 Å². The van der Waals surface area contributed by atoms with Gasteiger partial charge in [0.2, 0.25) is 5.91 Å². The van der Waals surface area contributed by atoms with Gasteiger partial charge in [0, 0.05) is 4.90 Å². The molecular formula is C15H17NO3S2. The third-order valence-corrected chi connectivity index (χ3v) is 4.71. The van der Waals surface area contributed by atoms with Gasteiger partial charge >= 0.3 is 5.97 Å². The molecule has 0 aliphatic carbocycles. The molecule has 1 amide bonds. The molecule has 0 N–H and O–H groups in total. The Morgan fingerprint density at radius 2 is 2.14 bits per heavy atom. The Bertz CT molecular complexity index is 555. The maximum Gasteiger partial charge on any atom is 0.333 e. The molecule has 1 aromatic carbocycles. The maximum atomic E-state index is 12.0. The minimum atomic E-state index is -0.405. The van der Waals surface area contributed by atoms with Crippen LogP contribution < -0.4 is 0 Å². The highest BCUT2D eigenvalue weighted by Crippen LogP contribution is 2.30. The van der Waals surface area contributed by atoms with E-state index in [0.717, 1.165) is 5.56 Å². The number of hydrogen-bond acceptors (Lipinski definition) is 5. The average Bonchev–Trinajstić information content (AvgIpc) is 2.81. The van der Waals surface area contributed by atoms with Crippen LogP contribution in [0.4, 0.5) is 0 Å². The lowest BCUT2D eigenvalue weighted by Crippen LogP contribution is -2.24. The van der Waals surface area contributed by atoms with Crippen molar-refractivity contribution in [2.24, 2.45) is 0 Å². The second-order valence-corrected chi connectivity index (χ2v) is 6.23. The SMILES string of the molecule is CCOC(=O)/C=C1\SCC(=O)N1Cc1ccc(SC)cc1. The van der Waals surface area contributed by atoms with E-state index in [4.69, 9.17) is 4.74 Å². The van der Waals surface area contributed by atoms with Crippen LogP contribution >= 0.6 is 23.5 Å². The maximum absolute atomic E-state index is 12.0.